The number of aliphatic hydroxyl groups is 1. The predicted molar refractivity (Wildman–Crippen MR) is 88.1 cm³/mol. The Morgan fingerprint density at radius 1 is 1.14 bits per heavy atom. The topological polar surface area (TPSA) is 20.2 Å². The molecule has 0 spiro atoms. The third-order valence-corrected chi connectivity index (χ3v) is 3.45. The van der Waals surface area contributed by atoms with E-state index >= 15 is 0 Å². The second-order valence-corrected chi connectivity index (χ2v) is 5.10. The number of halogens is 1. The average molecular weight is 297 g/mol. The lowest BCUT2D eigenvalue weighted by molar-refractivity contribution is 0.212. The molecule has 1 atom stereocenters. The minimum absolute atomic E-state index is 0.641. The Balaban J connectivity index is 2.17. The second kappa shape index (κ2) is 7.69. The Morgan fingerprint density at radius 3 is 2.43 bits per heavy atom. The van der Waals surface area contributed by atoms with Gasteiger partial charge >= 0.3 is 0 Å². The first-order chi connectivity index (χ1) is 10.2. The summed E-state index contributed by atoms with van der Waals surface area (Å²) in [6.45, 7) is 2.01. The zero-order valence-corrected chi connectivity index (χ0v) is 12.6. The summed E-state index contributed by atoms with van der Waals surface area (Å²) in [4.78, 5) is 0. The van der Waals surface area contributed by atoms with Crippen LogP contribution >= 0.6 is 11.6 Å². The summed E-state index contributed by atoms with van der Waals surface area (Å²) in [7, 11) is 0. The van der Waals surface area contributed by atoms with Crippen LogP contribution in [0.3, 0.4) is 0 Å². The Labute approximate surface area is 130 Å². The average Bonchev–Trinajstić information content (AvgIpc) is 2.53. The SMILES string of the molecule is CC/C(=C/C#Cc1ccccc1)C(O)c1ccc(Cl)cc1. The van der Waals surface area contributed by atoms with Crippen molar-refractivity contribution in [2.24, 2.45) is 0 Å². The zero-order valence-electron chi connectivity index (χ0n) is 11.9. The lowest BCUT2D eigenvalue weighted by Gasteiger charge is -2.13. The maximum atomic E-state index is 10.4. The predicted octanol–water partition coefficient (Wildman–Crippen LogP) is 4.76. The maximum absolute atomic E-state index is 10.4. The number of allylic oxidation sites excluding steroid dienone is 1. The maximum Gasteiger partial charge on any atom is 0.101 e. The molecule has 0 aliphatic carbocycles. The summed E-state index contributed by atoms with van der Waals surface area (Å²) >= 11 is 5.86. The lowest BCUT2D eigenvalue weighted by atomic mass is 9.99. The normalized spacial score (nSPS) is 12.4. The fourth-order valence-electron chi connectivity index (χ4n) is 1.97. The quantitative estimate of drug-likeness (QED) is 0.810. The third kappa shape index (κ3) is 4.49. The van der Waals surface area contributed by atoms with Gasteiger partial charge in [0.2, 0.25) is 0 Å². The van der Waals surface area contributed by atoms with E-state index in [0.717, 1.165) is 23.1 Å². The highest BCUT2D eigenvalue weighted by Crippen LogP contribution is 2.24. The molecule has 1 nitrogen and oxygen atoms in total. The standard InChI is InChI=1S/C19H17ClO/c1-2-16(10-6-9-15-7-4-3-5-8-15)19(21)17-11-13-18(20)14-12-17/h3-5,7-8,10-14,19,21H,2H2,1H3/b16-10-. The largest absolute Gasteiger partial charge is 0.384 e. The molecule has 106 valence electrons. The van der Waals surface area contributed by atoms with E-state index in [2.05, 4.69) is 11.8 Å². The van der Waals surface area contributed by atoms with Crippen LogP contribution in [0.4, 0.5) is 0 Å². The minimum Gasteiger partial charge on any atom is -0.384 e. The Hall–Kier alpha value is -2.01. The van der Waals surface area contributed by atoms with Gasteiger partial charge in [-0.25, -0.2) is 0 Å². The number of hydrogen-bond acceptors (Lipinski definition) is 1. The highest BCUT2D eigenvalue weighted by molar-refractivity contribution is 6.30. The van der Waals surface area contributed by atoms with Crippen LogP contribution in [0.2, 0.25) is 5.02 Å². The van der Waals surface area contributed by atoms with Gasteiger partial charge in [-0.1, -0.05) is 60.7 Å². The molecule has 0 heterocycles. The van der Waals surface area contributed by atoms with Crippen LogP contribution in [0.5, 0.6) is 0 Å². The van der Waals surface area contributed by atoms with E-state index in [4.69, 9.17) is 11.6 Å². The third-order valence-electron chi connectivity index (χ3n) is 3.19. The van der Waals surface area contributed by atoms with Crippen LogP contribution in [-0.2, 0) is 0 Å². The van der Waals surface area contributed by atoms with Crippen LogP contribution < -0.4 is 0 Å². The Bertz CT molecular complexity index is 660. The molecule has 0 aliphatic rings. The second-order valence-electron chi connectivity index (χ2n) is 4.66. The van der Waals surface area contributed by atoms with Gasteiger partial charge in [0.25, 0.3) is 0 Å². The van der Waals surface area contributed by atoms with E-state index in [1.54, 1.807) is 18.2 Å². The van der Waals surface area contributed by atoms with Gasteiger partial charge in [-0.05, 0) is 47.9 Å². The molecule has 2 aromatic rings. The van der Waals surface area contributed by atoms with E-state index in [-0.39, 0.29) is 0 Å². The van der Waals surface area contributed by atoms with Crippen molar-refractivity contribution < 1.29 is 5.11 Å². The van der Waals surface area contributed by atoms with Gasteiger partial charge in [-0.3, -0.25) is 0 Å². The van der Waals surface area contributed by atoms with E-state index < -0.39 is 6.10 Å². The first-order valence-corrected chi connectivity index (χ1v) is 7.27. The van der Waals surface area contributed by atoms with Gasteiger partial charge in [0, 0.05) is 10.6 Å². The summed E-state index contributed by atoms with van der Waals surface area (Å²) < 4.78 is 0. The van der Waals surface area contributed by atoms with E-state index in [9.17, 15) is 5.11 Å². The molecule has 21 heavy (non-hydrogen) atoms. The molecule has 1 unspecified atom stereocenters. The van der Waals surface area contributed by atoms with Crippen molar-refractivity contribution in [2.45, 2.75) is 19.4 Å². The van der Waals surface area contributed by atoms with Crippen LogP contribution in [0.25, 0.3) is 0 Å². The van der Waals surface area contributed by atoms with Crippen molar-refractivity contribution in [1.29, 1.82) is 0 Å². The molecule has 0 fully saturated rings. The fourth-order valence-corrected chi connectivity index (χ4v) is 2.09. The van der Waals surface area contributed by atoms with Gasteiger partial charge in [0.15, 0.2) is 0 Å². The van der Waals surface area contributed by atoms with Crippen molar-refractivity contribution in [3.8, 4) is 11.8 Å². The highest BCUT2D eigenvalue weighted by Gasteiger charge is 2.11. The van der Waals surface area contributed by atoms with Crippen molar-refractivity contribution in [3.05, 3.63) is 82.4 Å². The molecule has 1 N–H and O–H groups in total. The lowest BCUT2D eigenvalue weighted by Crippen LogP contribution is -2.00. The number of aliphatic hydroxyl groups excluding tert-OH is 1. The Kier molecular flexibility index (Phi) is 5.63. The van der Waals surface area contributed by atoms with Gasteiger partial charge in [-0.2, -0.15) is 0 Å². The molecule has 0 bridgehead atoms. The van der Waals surface area contributed by atoms with E-state index in [0.29, 0.717) is 5.02 Å². The zero-order chi connectivity index (χ0) is 15.1. The first kappa shape index (κ1) is 15.4. The van der Waals surface area contributed by atoms with Crippen molar-refractivity contribution in [2.75, 3.05) is 0 Å². The molecular weight excluding hydrogens is 280 g/mol. The smallest absolute Gasteiger partial charge is 0.101 e. The molecule has 0 saturated heterocycles. The minimum atomic E-state index is -0.641. The van der Waals surface area contributed by atoms with Gasteiger partial charge in [-0.15, -0.1) is 0 Å². The van der Waals surface area contributed by atoms with Crippen LogP contribution in [0.1, 0.15) is 30.6 Å². The van der Waals surface area contributed by atoms with E-state index in [1.807, 2.05) is 49.4 Å². The highest BCUT2D eigenvalue weighted by atomic mass is 35.5. The van der Waals surface area contributed by atoms with Crippen molar-refractivity contribution >= 4 is 11.6 Å². The fraction of sp³-hybridized carbons (Fsp3) is 0.158. The molecule has 2 aromatic carbocycles. The van der Waals surface area contributed by atoms with Crippen LogP contribution in [0.15, 0.2) is 66.2 Å². The Morgan fingerprint density at radius 2 is 1.81 bits per heavy atom. The molecular formula is C19H17ClO. The summed E-state index contributed by atoms with van der Waals surface area (Å²) in [5, 5.41) is 11.1. The van der Waals surface area contributed by atoms with Gasteiger partial charge in [0.1, 0.15) is 6.10 Å². The molecule has 2 rings (SSSR count). The number of benzene rings is 2. The molecule has 0 amide bonds. The van der Waals surface area contributed by atoms with Crippen molar-refractivity contribution in [1.82, 2.24) is 0 Å². The molecule has 0 aromatic heterocycles. The van der Waals surface area contributed by atoms with Crippen LogP contribution in [0, 0.1) is 11.8 Å². The molecule has 0 radical (unpaired) electrons. The number of hydrogen-bond donors (Lipinski definition) is 1. The molecule has 0 aliphatic heterocycles. The molecule has 0 saturated carbocycles. The summed E-state index contributed by atoms with van der Waals surface area (Å²) in [6, 6.07) is 17.0. The molecule has 2 heteroatoms. The summed E-state index contributed by atoms with van der Waals surface area (Å²) in [5.41, 5.74) is 2.68. The van der Waals surface area contributed by atoms with Gasteiger partial charge < -0.3 is 5.11 Å². The monoisotopic (exact) mass is 296 g/mol. The van der Waals surface area contributed by atoms with Crippen LogP contribution in [-0.4, -0.2) is 5.11 Å². The number of rotatable bonds is 3. The summed E-state index contributed by atoms with van der Waals surface area (Å²) in [5.74, 6) is 6.08. The van der Waals surface area contributed by atoms with E-state index in [1.165, 1.54) is 0 Å². The first-order valence-electron chi connectivity index (χ1n) is 6.89. The van der Waals surface area contributed by atoms with Gasteiger partial charge in [0.05, 0.1) is 0 Å². The van der Waals surface area contributed by atoms with Crippen molar-refractivity contribution in [3.63, 3.8) is 0 Å². The summed E-state index contributed by atoms with van der Waals surface area (Å²) in [6.07, 6.45) is 1.90.